The fraction of sp³-hybridized carbons (Fsp3) is 0.667. The molecular formula is C15H27N3. The normalized spacial score (nSPS) is 13.6. The highest BCUT2D eigenvalue weighted by molar-refractivity contribution is 5.05. The molecule has 3 heteroatoms. The van der Waals surface area contributed by atoms with Gasteiger partial charge in [0.05, 0.1) is 5.69 Å². The van der Waals surface area contributed by atoms with Gasteiger partial charge in [-0.25, -0.2) is 0 Å². The van der Waals surface area contributed by atoms with E-state index in [-0.39, 0.29) is 0 Å². The van der Waals surface area contributed by atoms with Crippen LogP contribution in [0.3, 0.4) is 0 Å². The summed E-state index contributed by atoms with van der Waals surface area (Å²) < 4.78 is 2.06. The quantitative estimate of drug-likeness (QED) is 0.565. The molecule has 0 amide bonds. The minimum Gasteiger partial charge on any atom is -0.314 e. The largest absolute Gasteiger partial charge is 0.314 e. The smallest absolute Gasteiger partial charge is 0.0662 e. The second-order valence-electron chi connectivity index (χ2n) is 5.12. The maximum atomic E-state index is 4.58. The lowest BCUT2D eigenvalue weighted by atomic mass is 10.2. The molecule has 0 aliphatic carbocycles. The topological polar surface area (TPSA) is 29.9 Å². The Kier molecular flexibility index (Phi) is 6.73. The first-order chi connectivity index (χ1) is 8.63. The molecule has 0 spiro atoms. The van der Waals surface area contributed by atoms with Gasteiger partial charge < -0.3 is 5.32 Å². The molecule has 0 saturated carbocycles. The third-order valence-corrected chi connectivity index (χ3v) is 3.06. The zero-order chi connectivity index (χ0) is 13.4. The van der Waals surface area contributed by atoms with E-state index < -0.39 is 0 Å². The Labute approximate surface area is 111 Å². The van der Waals surface area contributed by atoms with Crippen LogP contribution in [-0.4, -0.2) is 22.4 Å². The van der Waals surface area contributed by atoms with Gasteiger partial charge in [-0.05, 0) is 32.4 Å². The summed E-state index contributed by atoms with van der Waals surface area (Å²) in [6.07, 6.45) is 9.67. The fourth-order valence-corrected chi connectivity index (χ4v) is 1.70. The van der Waals surface area contributed by atoms with Crippen LogP contribution in [0.2, 0.25) is 0 Å². The molecule has 1 N–H and O–H groups in total. The number of allylic oxidation sites excluding steroid dienone is 1. The Morgan fingerprint density at radius 3 is 2.78 bits per heavy atom. The van der Waals surface area contributed by atoms with Crippen LogP contribution < -0.4 is 5.32 Å². The summed E-state index contributed by atoms with van der Waals surface area (Å²) in [6.45, 7) is 9.78. The van der Waals surface area contributed by atoms with Crippen molar-refractivity contribution in [2.24, 2.45) is 0 Å². The fourth-order valence-electron chi connectivity index (χ4n) is 1.70. The molecule has 1 unspecified atom stereocenters. The van der Waals surface area contributed by atoms with Crippen molar-refractivity contribution in [1.29, 1.82) is 0 Å². The molecule has 0 fully saturated rings. The number of rotatable bonds is 8. The zero-order valence-corrected chi connectivity index (χ0v) is 12.2. The van der Waals surface area contributed by atoms with E-state index in [1.165, 1.54) is 0 Å². The Balaban J connectivity index is 2.26. The lowest BCUT2D eigenvalue weighted by Gasteiger charge is -2.07. The summed E-state index contributed by atoms with van der Waals surface area (Å²) in [5.41, 5.74) is 1.16. The van der Waals surface area contributed by atoms with Gasteiger partial charge in [-0.15, -0.1) is 0 Å². The van der Waals surface area contributed by atoms with Crippen molar-refractivity contribution in [3.8, 4) is 0 Å². The van der Waals surface area contributed by atoms with E-state index in [2.05, 4.69) is 67.2 Å². The number of aromatic nitrogens is 2. The van der Waals surface area contributed by atoms with Gasteiger partial charge in [0.25, 0.3) is 0 Å². The third-order valence-electron chi connectivity index (χ3n) is 3.06. The number of nitrogens with one attached hydrogen (secondary N) is 1. The van der Waals surface area contributed by atoms with Gasteiger partial charge in [-0.2, -0.15) is 5.10 Å². The Morgan fingerprint density at radius 1 is 1.33 bits per heavy atom. The number of nitrogens with zero attached hydrogens (tertiary/aromatic N) is 2. The summed E-state index contributed by atoms with van der Waals surface area (Å²) >= 11 is 0. The first-order valence-corrected chi connectivity index (χ1v) is 7.06. The molecule has 18 heavy (non-hydrogen) atoms. The molecule has 3 nitrogen and oxygen atoms in total. The van der Waals surface area contributed by atoms with E-state index in [1.807, 2.05) is 0 Å². The number of hydrogen-bond donors (Lipinski definition) is 1. The molecule has 0 aliphatic heterocycles. The summed E-state index contributed by atoms with van der Waals surface area (Å²) in [4.78, 5) is 0. The molecule has 1 aromatic heterocycles. The zero-order valence-electron chi connectivity index (χ0n) is 12.2. The van der Waals surface area contributed by atoms with Crippen LogP contribution in [0.1, 0.15) is 52.3 Å². The van der Waals surface area contributed by atoms with Gasteiger partial charge in [0.1, 0.15) is 0 Å². The van der Waals surface area contributed by atoms with Gasteiger partial charge in [-0.1, -0.05) is 32.9 Å². The van der Waals surface area contributed by atoms with E-state index in [9.17, 15) is 0 Å². The molecule has 1 rings (SSSR count). The average Bonchev–Trinajstić information content (AvgIpc) is 2.81. The summed E-state index contributed by atoms with van der Waals surface area (Å²) in [5, 5.41) is 7.98. The van der Waals surface area contributed by atoms with Crippen molar-refractivity contribution < 1.29 is 0 Å². The van der Waals surface area contributed by atoms with Crippen LogP contribution in [0, 0.1) is 0 Å². The monoisotopic (exact) mass is 249 g/mol. The van der Waals surface area contributed by atoms with Crippen molar-refractivity contribution in [3.05, 3.63) is 30.1 Å². The number of hydrogen-bond acceptors (Lipinski definition) is 2. The van der Waals surface area contributed by atoms with Gasteiger partial charge >= 0.3 is 0 Å². The Morgan fingerprint density at radius 2 is 2.11 bits per heavy atom. The van der Waals surface area contributed by atoms with Crippen LogP contribution in [0.5, 0.6) is 0 Å². The predicted octanol–water partition coefficient (Wildman–Crippen LogP) is 3.34. The van der Waals surface area contributed by atoms with Crippen molar-refractivity contribution in [1.82, 2.24) is 15.1 Å². The maximum absolute atomic E-state index is 4.58. The van der Waals surface area contributed by atoms with Gasteiger partial charge in [0, 0.05) is 24.7 Å². The summed E-state index contributed by atoms with van der Waals surface area (Å²) in [7, 11) is 0. The molecule has 0 aliphatic rings. The molecule has 0 bridgehead atoms. The minimum absolute atomic E-state index is 0.498. The second-order valence-corrected chi connectivity index (χ2v) is 5.12. The summed E-state index contributed by atoms with van der Waals surface area (Å²) in [6, 6.07) is 3.19. The van der Waals surface area contributed by atoms with Crippen molar-refractivity contribution in [3.63, 3.8) is 0 Å². The van der Waals surface area contributed by atoms with Gasteiger partial charge in [0.2, 0.25) is 0 Å². The van der Waals surface area contributed by atoms with Crippen LogP contribution in [0.25, 0.3) is 0 Å². The first kappa shape index (κ1) is 15.0. The van der Waals surface area contributed by atoms with E-state index in [0.717, 1.165) is 31.5 Å². The highest BCUT2D eigenvalue weighted by atomic mass is 15.3. The predicted molar refractivity (Wildman–Crippen MR) is 77.8 cm³/mol. The van der Waals surface area contributed by atoms with E-state index in [1.54, 1.807) is 0 Å². The van der Waals surface area contributed by atoms with Crippen LogP contribution >= 0.6 is 0 Å². The summed E-state index contributed by atoms with van der Waals surface area (Å²) in [5.74, 6) is 0. The lowest BCUT2D eigenvalue weighted by Crippen LogP contribution is -2.23. The van der Waals surface area contributed by atoms with Crippen LogP contribution in [0.4, 0.5) is 0 Å². The SMILES string of the molecule is CCC(C)n1ccc(CC=CCCNC(C)C)n1. The van der Waals surface area contributed by atoms with Gasteiger partial charge in [-0.3, -0.25) is 4.68 Å². The molecule has 0 saturated heterocycles. The lowest BCUT2D eigenvalue weighted by molar-refractivity contribution is 0.474. The molecule has 0 radical (unpaired) electrons. The van der Waals surface area contributed by atoms with E-state index in [4.69, 9.17) is 0 Å². The molecule has 1 heterocycles. The molecule has 1 atom stereocenters. The van der Waals surface area contributed by atoms with Crippen molar-refractivity contribution in [2.75, 3.05) is 6.54 Å². The first-order valence-electron chi connectivity index (χ1n) is 7.06. The molecule has 0 aromatic carbocycles. The molecule has 102 valence electrons. The average molecular weight is 249 g/mol. The molecular weight excluding hydrogens is 222 g/mol. The van der Waals surface area contributed by atoms with Gasteiger partial charge in [0.15, 0.2) is 0 Å². The standard InChI is InChI=1S/C15H27N3/c1-5-14(4)18-12-10-15(17-18)9-7-6-8-11-16-13(2)3/h6-7,10,12-14,16H,5,8-9,11H2,1-4H3. The maximum Gasteiger partial charge on any atom is 0.0662 e. The van der Waals surface area contributed by atoms with E-state index in [0.29, 0.717) is 12.1 Å². The van der Waals surface area contributed by atoms with Crippen LogP contribution in [0.15, 0.2) is 24.4 Å². The highest BCUT2D eigenvalue weighted by Gasteiger charge is 2.02. The minimum atomic E-state index is 0.498. The van der Waals surface area contributed by atoms with Crippen LogP contribution in [-0.2, 0) is 6.42 Å². The Hall–Kier alpha value is -1.09. The van der Waals surface area contributed by atoms with E-state index >= 15 is 0 Å². The van der Waals surface area contributed by atoms with Crippen molar-refractivity contribution in [2.45, 2.75) is 59.0 Å². The second kappa shape index (κ2) is 8.09. The third kappa shape index (κ3) is 5.50. The Bertz CT molecular complexity index is 352. The van der Waals surface area contributed by atoms with Crippen molar-refractivity contribution >= 4 is 0 Å². The molecule has 1 aromatic rings. The highest BCUT2D eigenvalue weighted by Crippen LogP contribution is 2.09.